The normalized spacial score (nSPS) is 10.4. The van der Waals surface area contributed by atoms with E-state index in [1.807, 2.05) is 6.07 Å². The van der Waals surface area contributed by atoms with Crippen LogP contribution >= 0.6 is 11.6 Å². The lowest BCUT2D eigenvalue weighted by atomic mass is 10.0. The van der Waals surface area contributed by atoms with E-state index in [1.54, 1.807) is 6.07 Å². The zero-order chi connectivity index (χ0) is 13.1. The summed E-state index contributed by atoms with van der Waals surface area (Å²) in [5.74, 6) is -0.328. The monoisotopic (exact) mass is 263 g/mol. The molecule has 18 heavy (non-hydrogen) atoms. The molecule has 0 fully saturated rings. The Kier molecular flexibility index (Phi) is 3.87. The van der Waals surface area contributed by atoms with Crippen molar-refractivity contribution >= 4 is 17.3 Å². The van der Waals surface area contributed by atoms with Gasteiger partial charge in [-0.25, -0.2) is 4.39 Å². The van der Waals surface area contributed by atoms with Gasteiger partial charge in [-0.2, -0.15) is 0 Å². The quantitative estimate of drug-likeness (QED) is 0.846. The van der Waals surface area contributed by atoms with E-state index in [0.29, 0.717) is 17.3 Å². The second-order valence-electron chi connectivity index (χ2n) is 4.37. The fraction of sp³-hybridized carbons (Fsp3) is 0.200. The van der Waals surface area contributed by atoms with Crippen molar-refractivity contribution in [1.29, 1.82) is 0 Å². The lowest BCUT2D eigenvalue weighted by Crippen LogP contribution is -2.02. The molecule has 0 aliphatic carbocycles. The SMILES string of the molecule is Cc1cccc(CNc2cc(F)cc(Cl)c2)c1C. The van der Waals surface area contributed by atoms with Crippen LogP contribution in [-0.2, 0) is 6.54 Å². The Bertz CT molecular complexity index is 546. The van der Waals surface area contributed by atoms with Crippen LogP contribution in [0.25, 0.3) is 0 Å². The number of aryl methyl sites for hydroxylation is 1. The van der Waals surface area contributed by atoms with Crippen LogP contribution in [0.1, 0.15) is 16.7 Å². The Hall–Kier alpha value is -1.54. The van der Waals surface area contributed by atoms with E-state index in [1.165, 1.54) is 28.8 Å². The van der Waals surface area contributed by atoms with Gasteiger partial charge in [0.05, 0.1) is 0 Å². The first-order chi connectivity index (χ1) is 8.56. The first-order valence-electron chi connectivity index (χ1n) is 5.81. The molecule has 0 aliphatic heterocycles. The van der Waals surface area contributed by atoms with Crippen LogP contribution in [0.5, 0.6) is 0 Å². The Labute approximate surface area is 112 Å². The van der Waals surface area contributed by atoms with Crippen molar-refractivity contribution in [2.24, 2.45) is 0 Å². The molecule has 0 heterocycles. The minimum absolute atomic E-state index is 0.328. The minimum atomic E-state index is -0.328. The van der Waals surface area contributed by atoms with Crippen LogP contribution in [0.2, 0.25) is 5.02 Å². The molecule has 0 spiro atoms. The van der Waals surface area contributed by atoms with Crippen LogP contribution in [0.3, 0.4) is 0 Å². The molecule has 0 saturated carbocycles. The smallest absolute Gasteiger partial charge is 0.126 e. The molecule has 1 nitrogen and oxygen atoms in total. The molecule has 2 rings (SSSR count). The van der Waals surface area contributed by atoms with Crippen LogP contribution in [0, 0.1) is 19.7 Å². The van der Waals surface area contributed by atoms with Gasteiger partial charge in [-0.15, -0.1) is 0 Å². The highest BCUT2D eigenvalue weighted by molar-refractivity contribution is 6.30. The Morgan fingerprint density at radius 2 is 1.94 bits per heavy atom. The van der Waals surface area contributed by atoms with Gasteiger partial charge in [0.15, 0.2) is 0 Å². The average molecular weight is 264 g/mol. The maximum absolute atomic E-state index is 13.2. The Morgan fingerprint density at radius 1 is 1.17 bits per heavy atom. The third kappa shape index (κ3) is 3.02. The molecule has 0 atom stereocenters. The fourth-order valence-electron chi connectivity index (χ4n) is 1.86. The summed E-state index contributed by atoms with van der Waals surface area (Å²) in [4.78, 5) is 0. The molecule has 2 aromatic carbocycles. The molecule has 0 aliphatic rings. The zero-order valence-corrected chi connectivity index (χ0v) is 11.2. The average Bonchev–Trinajstić information content (AvgIpc) is 2.30. The summed E-state index contributed by atoms with van der Waals surface area (Å²) in [7, 11) is 0. The maximum Gasteiger partial charge on any atom is 0.126 e. The fourth-order valence-corrected chi connectivity index (χ4v) is 2.08. The Morgan fingerprint density at radius 3 is 2.67 bits per heavy atom. The summed E-state index contributed by atoms with van der Waals surface area (Å²) in [5.41, 5.74) is 4.41. The van der Waals surface area contributed by atoms with Crippen molar-refractivity contribution in [3.63, 3.8) is 0 Å². The number of benzene rings is 2. The summed E-state index contributed by atoms with van der Waals surface area (Å²) in [5, 5.41) is 3.59. The van der Waals surface area contributed by atoms with Crippen LogP contribution in [-0.4, -0.2) is 0 Å². The van der Waals surface area contributed by atoms with Crippen molar-refractivity contribution in [1.82, 2.24) is 0 Å². The number of hydrogen-bond acceptors (Lipinski definition) is 1. The lowest BCUT2D eigenvalue weighted by molar-refractivity contribution is 0.628. The second kappa shape index (κ2) is 5.40. The predicted molar refractivity (Wildman–Crippen MR) is 74.7 cm³/mol. The van der Waals surface area contributed by atoms with Gasteiger partial charge >= 0.3 is 0 Å². The van der Waals surface area contributed by atoms with Gasteiger partial charge in [-0.3, -0.25) is 0 Å². The third-order valence-corrected chi connectivity index (χ3v) is 3.28. The molecule has 94 valence electrons. The van der Waals surface area contributed by atoms with E-state index in [4.69, 9.17) is 11.6 Å². The van der Waals surface area contributed by atoms with Crippen LogP contribution in [0.4, 0.5) is 10.1 Å². The first kappa shape index (κ1) is 12.9. The molecule has 0 bridgehead atoms. The van der Waals surface area contributed by atoms with Gasteiger partial charge in [0.1, 0.15) is 5.82 Å². The number of hydrogen-bond donors (Lipinski definition) is 1. The summed E-state index contributed by atoms with van der Waals surface area (Å²) in [6.45, 7) is 4.83. The summed E-state index contributed by atoms with van der Waals surface area (Å²) in [6.07, 6.45) is 0. The van der Waals surface area contributed by atoms with Crippen LogP contribution < -0.4 is 5.32 Å². The molecule has 0 unspecified atom stereocenters. The summed E-state index contributed by atoms with van der Waals surface area (Å²) < 4.78 is 13.2. The van der Waals surface area contributed by atoms with Gasteiger partial charge in [-0.05, 0) is 48.7 Å². The van der Waals surface area contributed by atoms with Crippen LogP contribution in [0.15, 0.2) is 36.4 Å². The Balaban J connectivity index is 2.14. The molecule has 0 amide bonds. The number of nitrogens with one attached hydrogen (secondary N) is 1. The van der Waals surface area contributed by atoms with Gasteiger partial charge in [0, 0.05) is 17.3 Å². The molecule has 3 heteroatoms. The van der Waals surface area contributed by atoms with E-state index >= 15 is 0 Å². The van der Waals surface area contributed by atoms with Crippen molar-refractivity contribution in [3.8, 4) is 0 Å². The van der Waals surface area contributed by atoms with E-state index in [2.05, 4.69) is 31.3 Å². The molecule has 0 radical (unpaired) electrons. The highest BCUT2D eigenvalue weighted by Crippen LogP contribution is 2.20. The maximum atomic E-state index is 13.2. The van der Waals surface area contributed by atoms with Gasteiger partial charge in [0.25, 0.3) is 0 Å². The van der Waals surface area contributed by atoms with Crippen molar-refractivity contribution in [2.75, 3.05) is 5.32 Å². The third-order valence-electron chi connectivity index (χ3n) is 3.06. The molecule has 0 aromatic heterocycles. The molecular formula is C15H15ClFN. The molecule has 1 N–H and O–H groups in total. The van der Waals surface area contributed by atoms with E-state index in [0.717, 1.165) is 0 Å². The second-order valence-corrected chi connectivity index (χ2v) is 4.81. The first-order valence-corrected chi connectivity index (χ1v) is 6.19. The standard InChI is InChI=1S/C15H15ClFN/c1-10-4-3-5-12(11(10)2)9-18-15-7-13(16)6-14(17)8-15/h3-8,18H,9H2,1-2H3. The van der Waals surface area contributed by atoms with Crippen molar-refractivity contribution < 1.29 is 4.39 Å². The largest absolute Gasteiger partial charge is 0.381 e. The zero-order valence-electron chi connectivity index (χ0n) is 10.4. The molecular weight excluding hydrogens is 249 g/mol. The highest BCUT2D eigenvalue weighted by Gasteiger charge is 2.02. The molecule has 0 saturated heterocycles. The highest BCUT2D eigenvalue weighted by atomic mass is 35.5. The van der Waals surface area contributed by atoms with Gasteiger partial charge < -0.3 is 5.32 Å². The predicted octanol–water partition coefficient (Wildman–Crippen LogP) is 4.71. The number of halogens is 2. The van der Waals surface area contributed by atoms with E-state index < -0.39 is 0 Å². The number of rotatable bonds is 3. The lowest BCUT2D eigenvalue weighted by Gasteiger charge is -2.11. The van der Waals surface area contributed by atoms with Gasteiger partial charge in [-0.1, -0.05) is 29.8 Å². The number of anilines is 1. The van der Waals surface area contributed by atoms with Gasteiger partial charge in [0.2, 0.25) is 0 Å². The van der Waals surface area contributed by atoms with E-state index in [9.17, 15) is 4.39 Å². The summed E-state index contributed by atoms with van der Waals surface area (Å²) >= 11 is 5.81. The molecule has 2 aromatic rings. The minimum Gasteiger partial charge on any atom is -0.381 e. The topological polar surface area (TPSA) is 12.0 Å². The van der Waals surface area contributed by atoms with Crippen molar-refractivity contribution in [3.05, 3.63) is 63.9 Å². The van der Waals surface area contributed by atoms with Crippen molar-refractivity contribution in [2.45, 2.75) is 20.4 Å². The van der Waals surface area contributed by atoms with E-state index in [-0.39, 0.29) is 5.82 Å². The summed E-state index contributed by atoms with van der Waals surface area (Å²) in [6, 6.07) is 10.6.